The van der Waals surface area contributed by atoms with E-state index in [1.165, 1.54) is 0 Å². The van der Waals surface area contributed by atoms with Crippen LogP contribution in [0.5, 0.6) is 11.5 Å². The molecule has 2 heterocycles. The molecule has 2 aliphatic rings. The maximum absolute atomic E-state index is 14.6. The Bertz CT molecular complexity index is 2640. The van der Waals surface area contributed by atoms with Crippen LogP contribution in [0.25, 0.3) is 0 Å². The van der Waals surface area contributed by atoms with E-state index < -0.39 is 48.6 Å². The molecule has 438 valence electrons. The number of likely N-dealkylation sites (tertiary alicyclic amines) is 2. The molecule has 0 radical (unpaired) electrons. The van der Waals surface area contributed by atoms with E-state index in [4.69, 9.17) is 18.9 Å². The van der Waals surface area contributed by atoms with Gasteiger partial charge in [-0.15, -0.1) is 0 Å². The van der Waals surface area contributed by atoms with Crippen LogP contribution in [0.1, 0.15) is 91.6 Å². The molecule has 5 N–H and O–H groups in total. The fourth-order valence-corrected chi connectivity index (χ4v) is 9.94. The van der Waals surface area contributed by atoms with Crippen LogP contribution >= 0.6 is 0 Å². The minimum Gasteiger partial charge on any atom is -0.497 e. The summed E-state index contributed by atoms with van der Waals surface area (Å²) in [6.07, 6.45) is 2.31. The van der Waals surface area contributed by atoms with Crippen LogP contribution in [-0.2, 0) is 41.5 Å². The number of carbonyl (C=O) groups excluding carboxylic acids is 6. The number of carbonyl (C=O) groups is 6. The lowest BCUT2D eigenvalue weighted by atomic mass is 9.97. The maximum atomic E-state index is 14.6. The number of methoxy groups -OCH3 is 2. The minimum atomic E-state index is -1.09. The summed E-state index contributed by atoms with van der Waals surface area (Å²) < 4.78 is 22.8. The number of Topliss-reactive ketones (excluding diaryl/α,β-unsaturated/α-hetero) is 1. The fourth-order valence-electron chi connectivity index (χ4n) is 9.94. The Hall–Kier alpha value is -7.58. The number of benzene rings is 4. The van der Waals surface area contributed by atoms with Gasteiger partial charge >= 0.3 is 0 Å². The molecule has 9 atom stereocenters. The van der Waals surface area contributed by atoms with Crippen molar-refractivity contribution >= 4 is 35.3 Å². The predicted octanol–water partition coefficient (Wildman–Crippen LogP) is 4.80. The highest BCUT2D eigenvalue weighted by atomic mass is 16.5. The smallest absolute Gasteiger partial charge is 0.253 e. The lowest BCUT2D eigenvalue weighted by molar-refractivity contribution is -0.142. The van der Waals surface area contributed by atoms with Gasteiger partial charge in [0.1, 0.15) is 36.8 Å². The number of nitrogens with one attached hydrogen (secondary N) is 5. The van der Waals surface area contributed by atoms with Crippen molar-refractivity contribution in [2.24, 2.45) is 0 Å². The average Bonchev–Trinajstić information content (AvgIpc) is 4.39. The molecule has 4 aromatic rings. The van der Waals surface area contributed by atoms with Gasteiger partial charge in [0.15, 0.2) is 5.78 Å². The maximum Gasteiger partial charge on any atom is 0.253 e. The van der Waals surface area contributed by atoms with Gasteiger partial charge in [-0.05, 0) is 158 Å². The van der Waals surface area contributed by atoms with Crippen LogP contribution < -0.4 is 36.1 Å². The molecule has 2 aliphatic heterocycles. The Morgan fingerprint density at radius 3 is 1.60 bits per heavy atom. The van der Waals surface area contributed by atoms with Gasteiger partial charge in [0, 0.05) is 43.3 Å². The molecule has 2 fully saturated rings. The van der Waals surface area contributed by atoms with Crippen LogP contribution in [0, 0.1) is 23.7 Å². The number of hydrogen-bond acceptors (Lipinski definition) is 13. The standard InChI is InChI=1S/C64H82N8O10/c1-44(65-5)60(74)68-57(63(77)71-38-19-25-52(71)43-70(40-37-49-23-15-12-16-24-49)62(76)51-30-34-54(80-8)35-31-51)46(3)81-41-17-9-10-18-42-82-47(4)58(69-61(75)45(2)66-6)64(78)72-39-20-26-56(72)67-55(36-27-48-21-13-11-14-22-48)59(73)50-28-32-53(79-7)33-29-50/h11-16,21-24,28-35,44-47,52,55-58,65-67H,19-20,25-27,36-43H2,1-8H3,(H,68,74)(H,69,75)/t44-,45-,46+,47+,52-,55?,56-,57-,58-/m0/s1. The lowest BCUT2D eigenvalue weighted by Gasteiger charge is -2.35. The molecule has 0 aromatic heterocycles. The van der Waals surface area contributed by atoms with Gasteiger partial charge in [0.05, 0.1) is 50.7 Å². The zero-order valence-corrected chi connectivity index (χ0v) is 48.7. The van der Waals surface area contributed by atoms with Crippen LogP contribution in [0.15, 0.2) is 109 Å². The van der Waals surface area contributed by atoms with Gasteiger partial charge in [-0.2, -0.15) is 0 Å². The monoisotopic (exact) mass is 1120 g/mol. The number of nitrogens with zero attached hydrogens (tertiary/aromatic N) is 3. The molecule has 0 aliphatic carbocycles. The van der Waals surface area contributed by atoms with Gasteiger partial charge in [-0.25, -0.2) is 0 Å². The predicted molar refractivity (Wildman–Crippen MR) is 315 cm³/mol. The van der Waals surface area contributed by atoms with Crippen molar-refractivity contribution in [2.45, 2.75) is 127 Å². The third-order valence-electron chi connectivity index (χ3n) is 15.2. The molecule has 5 amide bonds. The summed E-state index contributed by atoms with van der Waals surface area (Å²) in [6.45, 7) is 8.15. The molecule has 18 nitrogen and oxygen atoms in total. The molecule has 1 unspecified atom stereocenters. The second-order valence-electron chi connectivity index (χ2n) is 20.7. The summed E-state index contributed by atoms with van der Waals surface area (Å²) in [5.74, 6) is 10.8. The molecule has 82 heavy (non-hydrogen) atoms. The zero-order valence-electron chi connectivity index (χ0n) is 48.7. The van der Waals surface area contributed by atoms with E-state index in [0.29, 0.717) is 87.3 Å². The number of amides is 5. The molecule has 0 saturated carbocycles. The highest BCUT2D eigenvalue weighted by Gasteiger charge is 2.41. The first kappa shape index (κ1) is 63.6. The third-order valence-corrected chi connectivity index (χ3v) is 15.2. The van der Waals surface area contributed by atoms with E-state index in [9.17, 15) is 28.8 Å². The highest BCUT2D eigenvalue weighted by molar-refractivity contribution is 6.00. The second-order valence-corrected chi connectivity index (χ2v) is 20.7. The first-order valence-corrected chi connectivity index (χ1v) is 28.4. The summed E-state index contributed by atoms with van der Waals surface area (Å²) >= 11 is 0. The van der Waals surface area contributed by atoms with Crippen LogP contribution in [-0.4, -0.2) is 172 Å². The SMILES string of the molecule is CN[C@@H](C)C(=O)N[C@H](C(=O)N1CCC[C@H]1CN(CCc1ccccc1)C(=O)c1ccc(OC)cc1)[C@@H](C)OCC#CC#CCO[C@H](C)[C@H](NC(=O)[C@H](C)NC)C(=O)N1CCC[C@H]1NC(CCc1ccccc1)C(=O)c1ccc(OC)cc1. The third kappa shape index (κ3) is 18.5. The number of ketones is 1. The lowest BCUT2D eigenvalue weighted by Crippen LogP contribution is -2.60. The Morgan fingerprint density at radius 1 is 0.610 bits per heavy atom. The summed E-state index contributed by atoms with van der Waals surface area (Å²) in [5, 5.41) is 15.2. The van der Waals surface area contributed by atoms with Crippen LogP contribution in [0.2, 0.25) is 0 Å². The van der Waals surface area contributed by atoms with E-state index in [-0.39, 0.29) is 54.6 Å². The van der Waals surface area contributed by atoms with Crippen molar-refractivity contribution in [2.75, 3.05) is 67.7 Å². The number of aryl methyl sites for hydroxylation is 1. The van der Waals surface area contributed by atoms with Crippen molar-refractivity contribution in [3.8, 4) is 35.2 Å². The minimum absolute atomic E-state index is 0.102. The van der Waals surface area contributed by atoms with Crippen molar-refractivity contribution in [3.63, 3.8) is 0 Å². The molecule has 0 bridgehead atoms. The summed E-state index contributed by atoms with van der Waals surface area (Å²) in [6, 6.07) is 29.6. The van der Waals surface area contributed by atoms with Crippen molar-refractivity contribution < 1.29 is 47.7 Å². The largest absolute Gasteiger partial charge is 0.497 e. The molecule has 4 aromatic carbocycles. The van der Waals surface area contributed by atoms with Gasteiger partial charge in [0.25, 0.3) is 5.91 Å². The molecule has 18 heteroatoms. The quantitative estimate of drug-likeness (QED) is 0.0366. The molecular weight excluding hydrogens is 1040 g/mol. The topological polar surface area (TPSA) is 209 Å². The van der Waals surface area contributed by atoms with Gasteiger partial charge in [0.2, 0.25) is 23.6 Å². The summed E-state index contributed by atoms with van der Waals surface area (Å²) in [5.41, 5.74) is 3.20. The van der Waals surface area contributed by atoms with Crippen molar-refractivity contribution in [3.05, 3.63) is 131 Å². The fraction of sp³-hybridized carbons (Fsp3) is 0.469. The number of hydrogen-bond donors (Lipinski definition) is 5. The van der Waals surface area contributed by atoms with E-state index in [1.54, 1.807) is 119 Å². The Labute approximate surface area is 484 Å². The van der Waals surface area contributed by atoms with E-state index in [0.717, 1.165) is 17.5 Å². The van der Waals surface area contributed by atoms with Gasteiger partial charge < -0.3 is 54.9 Å². The molecule has 0 spiro atoms. The molecule has 2 saturated heterocycles. The molecular formula is C64H82N8O10. The summed E-state index contributed by atoms with van der Waals surface area (Å²) in [4.78, 5) is 89.4. The van der Waals surface area contributed by atoms with Crippen LogP contribution in [0.3, 0.4) is 0 Å². The van der Waals surface area contributed by atoms with Gasteiger partial charge in [-0.1, -0.05) is 72.5 Å². The zero-order chi connectivity index (χ0) is 59.0. The Kier molecular flexibility index (Phi) is 25.4. The van der Waals surface area contributed by atoms with Gasteiger partial charge in [-0.3, -0.25) is 34.1 Å². The number of likely N-dealkylation sites (N-methyl/N-ethyl adjacent to an activating group) is 2. The second kappa shape index (κ2) is 32.8. The first-order valence-electron chi connectivity index (χ1n) is 28.4. The van der Waals surface area contributed by atoms with Crippen LogP contribution in [0.4, 0.5) is 0 Å². The normalized spacial score (nSPS) is 17.3. The Balaban J connectivity index is 1.09. The highest BCUT2D eigenvalue weighted by Crippen LogP contribution is 2.25. The average molecular weight is 1120 g/mol. The Morgan fingerprint density at radius 2 is 1.09 bits per heavy atom. The van der Waals surface area contributed by atoms with Crippen molar-refractivity contribution in [1.82, 2.24) is 41.3 Å². The van der Waals surface area contributed by atoms with Crippen molar-refractivity contribution in [1.29, 1.82) is 0 Å². The number of ether oxygens (including phenoxy) is 4. The van der Waals surface area contributed by atoms with E-state index >= 15 is 0 Å². The summed E-state index contributed by atoms with van der Waals surface area (Å²) in [7, 11) is 6.46. The first-order chi connectivity index (χ1) is 39.6. The molecule has 6 rings (SSSR count). The van der Waals surface area contributed by atoms with E-state index in [1.807, 2.05) is 60.7 Å². The number of rotatable bonds is 29. The van der Waals surface area contributed by atoms with E-state index in [2.05, 4.69) is 50.3 Å².